The molecule has 0 saturated heterocycles. The molecule has 1 aliphatic rings. The van der Waals surface area contributed by atoms with Crippen molar-refractivity contribution in [2.75, 3.05) is 0 Å². The first-order valence-electron chi connectivity index (χ1n) is 22.0. The Morgan fingerprint density at radius 2 is 1.52 bits per heavy atom. The van der Waals surface area contributed by atoms with Crippen molar-refractivity contribution in [3.8, 4) is 11.3 Å². The van der Waals surface area contributed by atoms with Crippen LogP contribution in [0.25, 0.3) is 42.3 Å². The number of nitrogens with zero attached hydrogens (tertiary/aromatic N) is 2. The summed E-state index contributed by atoms with van der Waals surface area (Å²) in [5.74, 6) is -0.0775. The predicted octanol–water partition coefficient (Wildman–Crippen LogP) is 14.4. The first-order chi connectivity index (χ1) is 26.9. The summed E-state index contributed by atoms with van der Waals surface area (Å²) in [4.78, 5) is 21.1. The van der Waals surface area contributed by atoms with Crippen LogP contribution in [0.3, 0.4) is 0 Å². The molecule has 2 heterocycles. The number of aromatic nitrogens is 2. The number of ketones is 1. The molecule has 56 heavy (non-hydrogen) atoms. The number of carbonyl (C=O) groups excluding carboxylic acids is 1. The van der Waals surface area contributed by atoms with E-state index >= 15 is 0 Å². The third-order valence-electron chi connectivity index (χ3n) is 12.7. The smallest absolute Gasteiger partial charge is 0.162 e. The van der Waals surface area contributed by atoms with E-state index in [1.165, 1.54) is 34.8 Å². The quantitative estimate of drug-likeness (QED) is 0.0553. The van der Waals surface area contributed by atoms with Gasteiger partial charge >= 0.3 is 0 Å². The van der Waals surface area contributed by atoms with Gasteiger partial charge in [0.1, 0.15) is 7.67 Å². The zero-order chi connectivity index (χ0) is 41.9. The minimum atomic E-state index is -1.72. The largest absolute Gasteiger partial charge is 0.512 e. The molecule has 1 radical (unpaired) electrons. The standard InChI is InChI=1S/C36H43N2SSi.C13H24O2.Ir/c1-8-40(9-2,10-3)31-19-26(17-25-13-11-12-14-28(25)31)32-34-33(38-23-37-32)29-16-15-24(18-30(29)39-34)27-20-35(4,5)22-36(6,7)21-27;1-5-10(6-2)12(14)9-13(15)11(7-3)8-4;/h11-16,18-19,23,27H,8-10,20-22H2,1-7H3;9-11,14H,5-8H2,1-4H3;/q-1;;/b;12-9-;/i23D,27D;;. The minimum absolute atomic E-state index is 0. The van der Waals surface area contributed by atoms with Crippen LogP contribution in [-0.2, 0) is 24.9 Å². The molecule has 305 valence electrons. The van der Waals surface area contributed by atoms with Crippen molar-refractivity contribution in [2.45, 2.75) is 145 Å². The molecule has 3 aromatic carbocycles. The fourth-order valence-corrected chi connectivity index (χ4v) is 14.7. The molecule has 2 aromatic heterocycles. The van der Waals surface area contributed by atoms with Gasteiger partial charge < -0.3 is 5.11 Å². The molecule has 1 aliphatic carbocycles. The molecule has 0 aliphatic heterocycles. The summed E-state index contributed by atoms with van der Waals surface area (Å²) in [6, 6.07) is 24.8. The van der Waals surface area contributed by atoms with Crippen LogP contribution in [0.5, 0.6) is 0 Å². The van der Waals surface area contributed by atoms with Crippen molar-refractivity contribution in [3.05, 3.63) is 78.3 Å². The van der Waals surface area contributed by atoms with Crippen molar-refractivity contribution >= 4 is 61.5 Å². The second-order valence-electron chi connectivity index (χ2n) is 17.6. The van der Waals surface area contributed by atoms with Crippen molar-refractivity contribution < 1.29 is 32.7 Å². The maximum atomic E-state index is 11.7. The van der Waals surface area contributed by atoms with Gasteiger partial charge in [-0.1, -0.05) is 136 Å². The van der Waals surface area contributed by atoms with E-state index in [9.17, 15) is 11.3 Å². The van der Waals surface area contributed by atoms with Gasteiger partial charge in [0.2, 0.25) is 0 Å². The van der Waals surface area contributed by atoms with E-state index in [-0.39, 0.29) is 60.6 Å². The van der Waals surface area contributed by atoms with E-state index in [2.05, 4.69) is 108 Å². The average Bonchev–Trinajstić information content (AvgIpc) is 3.53. The number of fused-ring (bicyclic) bond motifs is 4. The van der Waals surface area contributed by atoms with Crippen LogP contribution in [-0.4, -0.2) is 28.9 Å². The second kappa shape index (κ2) is 19.4. The SMILES string of the molecule is CCC(CC)C(=O)/C=C(\O)C(CC)CC.[2H]c1nc(-c2[c-]c3ccccc3c([Si](CC)(CC)CC)c2)c2sc3cc(C4([2H])CC(C)(C)CC(C)(C)C4)ccc3c2n1.[Ir]. The molecule has 0 bridgehead atoms. The van der Waals surface area contributed by atoms with Gasteiger partial charge in [0.05, 0.1) is 19.3 Å². The molecule has 6 rings (SSSR count). The normalized spacial score (nSPS) is 17.1. The molecule has 0 amide bonds. The van der Waals surface area contributed by atoms with Crippen LogP contribution < -0.4 is 5.19 Å². The Morgan fingerprint density at radius 3 is 2.11 bits per heavy atom. The Morgan fingerprint density at radius 1 is 0.911 bits per heavy atom. The number of hydrogen-bond acceptors (Lipinski definition) is 5. The number of allylic oxidation sites excluding steroid dienone is 2. The molecule has 1 N–H and O–H groups in total. The topological polar surface area (TPSA) is 63.1 Å². The monoisotopic (exact) mass is 970 g/mol. The number of thiophene rings is 1. The molecule has 5 aromatic rings. The molecule has 1 saturated carbocycles. The fourth-order valence-electron chi connectivity index (χ4n) is 9.67. The molecule has 0 atom stereocenters. The van der Waals surface area contributed by atoms with Gasteiger partial charge in [-0.15, -0.1) is 40.1 Å². The summed E-state index contributed by atoms with van der Waals surface area (Å²) >= 11 is 1.70. The Balaban J connectivity index is 0.000000398. The Bertz CT molecular complexity index is 2210. The number of hydrogen-bond donors (Lipinski definition) is 1. The number of aliphatic hydroxyl groups excluding tert-OH is 1. The van der Waals surface area contributed by atoms with E-state index in [4.69, 9.17) is 6.35 Å². The molecule has 0 spiro atoms. The number of carbonyl (C=O) groups is 1. The fraction of sp³-hybridized carbons (Fsp3) is 0.531. The van der Waals surface area contributed by atoms with Gasteiger partial charge in [-0.3, -0.25) is 9.78 Å². The van der Waals surface area contributed by atoms with Gasteiger partial charge in [-0.05, 0) is 73.3 Å². The summed E-state index contributed by atoms with van der Waals surface area (Å²) in [6.45, 7) is 24.4. The van der Waals surface area contributed by atoms with Crippen LogP contribution in [0.4, 0.5) is 0 Å². The Kier molecular flexibility index (Phi) is 14.8. The van der Waals surface area contributed by atoms with Crippen molar-refractivity contribution in [1.29, 1.82) is 0 Å². The number of benzene rings is 3. The van der Waals surface area contributed by atoms with Crippen molar-refractivity contribution in [3.63, 3.8) is 0 Å². The van der Waals surface area contributed by atoms with Gasteiger partial charge in [0, 0.05) is 59.9 Å². The third-order valence-corrected chi connectivity index (χ3v) is 19.4. The summed E-state index contributed by atoms with van der Waals surface area (Å²) in [6.07, 6.45) is 7.80. The summed E-state index contributed by atoms with van der Waals surface area (Å²) in [5, 5.41) is 14.7. The molecule has 7 heteroatoms. The summed E-state index contributed by atoms with van der Waals surface area (Å²) < 4.78 is 20.4. The maximum absolute atomic E-state index is 11.7. The molecular formula is C49H67IrN2O2SSi-. The van der Waals surface area contributed by atoms with E-state index in [0.29, 0.717) is 0 Å². The minimum Gasteiger partial charge on any atom is -0.512 e. The van der Waals surface area contributed by atoms with Crippen LogP contribution >= 0.6 is 11.3 Å². The molecule has 0 unspecified atom stereocenters. The van der Waals surface area contributed by atoms with E-state index in [1.54, 1.807) is 11.3 Å². The van der Waals surface area contributed by atoms with Crippen molar-refractivity contribution in [2.24, 2.45) is 22.7 Å². The summed E-state index contributed by atoms with van der Waals surface area (Å²) in [5.41, 5.74) is 3.95. The van der Waals surface area contributed by atoms with Crippen molar-refractivity contribution in [1.82, 2.24) is 9.97 Å². The van der Waals surface area contributed by atoms with Gasteiger partial charge in [-0.2, -0.15) is 0 Å². The average molecular weight is 970 g/mol. The predicted molar refractivity (Wildman–Crippen MR) is 242 cm³/mol. The van der Waals surface area contributed by atoms with Gasteiger partial charge in [0.15, 0.2) is 5.78 Å². The molecule has 4 nitrogen and oxygen atoms in total. The number of rotatable bonds is 13. The van der Waals surface area contributed by atoms with E-state index in [1.807, 2.05) is 27.7 Å². The third kappa shape index (κ3) is 9.93. The van der Waals surface area contributed by atoms with E-state index in [0.717, 1.165) is 87.5 Å². The summed E-state index contributed by atoms with van der Waals surface area (Å²) in [7, 11) is -1.72. The molecule has 1 fully saturated rings. The molecular weight excluding hydrogens is 901 g/mol. The Labute approximate surface area is 359 Å². The van der Waals surface area contributed by atoms with Gasteiger partial charge in [-0.25, -0.2) is 4.98 Å². The maximum Gasteiger partial charge on any atom is 0.162 e. The first kappa shape index (κ1) is 42.9. The van der Waals surface area contributed by atoms with Crippen LogP contribution in [0.2, 0.25) is 18.1 Å². The van der Waals surface area contributed by atoms with E-state index < -0.39 is 14.0 Å². The Hall–Kier alpha value is -2.70. The zero-order valence-electron chi connectivity index (χ0n) is 37.9. The second-order valence-corrected chi connectivity index (χ2v) is 23.9. The van der Waals surface area contributed by atoms with Crippen LogP contribution in [0, 0.1) is 28.7 Å². The van der Waals surface area contributed by atoms with Crippen LogP contribution in [0.15, 0.2) is 66.7 Å². The van der Waals surface area contributed by atoms with Crippen LogP contribution in [0.1, 0.15) is 135 Å². The zero-order valence-corrected chi connectivity index (χ0v) is 40.1. The first-order valence-corrected chi connectivity index (χ1v) is 24.5. The van der Waals surface area contributed by atoms with Gasteiger partial charge in [0.25, 0.3) is 0 Å². The number of aliphatic hydroxyl groups is 1.